The summed E-state index contributed by atoms with van der Waals surface area (Å²) in [5.41, 5.74) is 0.907. The van der Waals surface area contributed by atoms with Gasteiger partial charge < -0.3 is 10.1 Å². The maximum absolute atomic E-state index is 12.9. The lowest BCUT2D eigenvalue weighted by atomic mass is 10.2. The number of hydrogen-bond acceptors (Lipinski definition) is 4. The number of pyridine rings is 1. The zero-order valence-electron chi connectivity index (χ0n) is 15.6. The molecule has 160 valence electrons. The molecule has 0 bridgehead atoms. The number of halogens is 4. The lowest BCUT2D eigenvalue weighted by Gasteiger charge is -2.15. The van der Waals surface area contributed by atoms with Crippen molar-refractivity contribution in [1.29, 1.82) is 0 Å². The van der Waals surface area contributed by atoms with Gasteiger partial charge in [-0.05, 0) is 29.8 Å². The molecule has 3 aromatic rings. The Bertz CT molecular complexity index is 1080. The van der Waals surface area contributed by atoms with E-state index in [0.717, 1.165) is 0 Å². The standard InChI is InChI=1S/C19H18F4N4O3/c20-17(21)19(22,23)12-30-11-13-4-3-5-14(10-13)24-16(28)7-9-27-18(29)26-8-2-1-6-15(26)25-27/h1-6,8,10,17H,7,9,11-12H2,(H,24,28). The predicted molar refractivity (Wildman–Crippen MR) is 99.7 cm³/mol. The molecule has 30 heavy (non-hydrogen) atoms. The number of benzene rings is 1. The first-order chi connectivity index (χ1) is 14.3. The van der Waals surface area contributed by atoms with Crippen LogP contribution >= 0.6 is 0 Å². The fourth-order valence-corrected chi connectivity index (χ4v) is 2.65. The van der Waals surface area contributed by atoms with Gasteiger partial charge in [0.15, 0.2) is 5.65 Å². The number of nitrogens with one attached hydrogen (secondary N) is 1. The molecule has 0 saturated carbocycles. The molecule has 11 heteroatoms. The summed E-state index contributed by atoms with van der Waals surface area (Å²) >= 11 is 0. The molecule has 0 fully saturated rings. The largest absolute Gasteiger partial charge is 0.370 e. The number of fused-ring (bicyclic) bond motifs is 1. The first kappa shape index (κ1) is 21.5. The molecule has 0 radical (unpaired) electrons. The molecule has 1 aromatic carbocycles. The van der Waals surface area contributed by atoms with Crippen LogP contribution in [0.15, 0.2) is 53.5 Å². The topological polar surface area (TPSA) is 77.6 Å². The maximum atomic E-state index is 12.9. The van der Waals surface area contributed by atoms with Crippen molar-refractivity contribution in [3.63, 3.8) is 0 Å². The van der Waals surface area contributed by atoms with E-state index in [-0.39, 0.29) is 31.2 Å². The summed E-state index contributed by atoms with van der Waals surface area (Å²) in [6, 6.07) is 11.3. The molecular weight excluding hydrogens is 408 g/mol. The molecule has 1 N–H and O–H groups in total. The predicted octanol–water partition coefficient (Wildman–Crippen LogP) is 2.94. The Balaban J connectivity index is 1.53. The number of alkyl halides is 4. The smallest absolute Gasteiger partial charge is 0.350 e. The Hall–Kier alpha value is -3.21. The van der Waals surface area contributed by atoms with Crippen LogP contribution in [0.1, 0.15) is 12.0 Å². The number of anilines is 1. The van der Waals surface area contributed by atoms with E-state index in [0.29, 0.717) is 16.9 Å². The highest BCUT2D eigenvalue weighted by molar-refractivity contribution is 5.90. The summed E-state index contributed by atoms with van der Waals surface area (Å²) in [6.07, 6.45) is -2.25. The Labute approximate surface area is 167 Å². The van der Waals surface area contributed by atoms with Crippen LogP contribution in [0.2, 0.25) is 0 Å². The van der Waals surface area contributed by atoms with Gasteiger partial charge in [0.25, 0.3) is 0 Å². The zero-order chi connectivity index (χ0) is 21.7. The average Bonchev–Trinajstić information content (AvgIpc) is 3.02. The van der Waals surface area contributed by atoms with Gasteiger partial charge in [-0.1, -0.05) is 18.2 Å². The van der Waals surface area contributed by atoms with E-state index in [9.17, 15) is 27.2 Å². The third-order valence-corrected chi connectivity index (χ3v) is 4.13. The fraction of sp³-hybridized carbons (Fsp3) is 0.316. The highest BCUT2D eigenvalue weighted by Gasteiger charge is 2.40. The third kappa shape index (κ3) is 5.23. The Morgan fingerprint density at radius 2 is 2.00 bits per heavy atom. The van der Waals surface area contributed by atoms with E-state index >= 15 is 0 Å². The number of aryl methyl sites for hydroxylation is 1. The molecule has 0 spiro atoms. The summed E-state index contributed by atoms with van der Waals surface area (Å²) in [5.74, 6) is -4.61. The van der Waals surface area contributed by atoms with E-state index in [1.165, 1.54) is 15.1 Å². The second-order valence-electron chi connectivity index (χ2n) is 6.49. The highest BCUT2D eigenvalue weighted by Crippen LogP contribution is 2.23. The number of ether oxygens (including phenoxy) is 1. The summed E-state index contributed by atoms with van der Waals surface area (Å²) < 4.78 is 57.2. The highest BCUT2D eigenvalue weighted by atomic mass is 19.3. The summed E-state index contributed by atoms with van der Waals surface area (Å²) in [7, 11) is 0. The minimum absolute atomic E-state index is 0.0227. The molecule has 3 rings (SSSR count). The number of carbonyl (C=O) groups is 1. The third-order valence-electron chi connectivity index (χ3n) is 4.13. The second-order valence-corrected chi connectivity index (χ2v) is 6.49. The van der Waals surface area contributed by atoms with E-state index in [4.69, 9.17) is 0 Å². The minimum atomic E-state index is -4.22. The van der Waals surface area contributed by atoms with Gasteiger partial charge in [0.2, 0.25) is 5.91 Å². The Morgan fingerprint density at radius 3 is 2.73 bits per heavy atom. The van der Waals surface area contributed by atoms with Crippen molar-refractivity contribution < 1.29 is 27.1 Å². The van der Waals surface area contributed by atoms with Crippen LogP contribution in [0.4, 0.5) is 23.2 Å². The quantitative estimate of drug-likeness (QED) is 0.534. The van der Waals surface area contributed by atoms with Crippen molar-refractivity contribution in [3.05, 3.63) is 64.7 Å². The summed E-state index contributed by atoms with van der Waals surface area (Å²) in [4.78, 5) is 24.3. The van der Waals surface area contributed by atoms with Crippen molar-refractivity contribution in [2.45, 2.75) is 31.9 Å². The van der Waals surface area contributed by atoms with Crippen LogP contribution in [0.5, 0.6) is 0 Å². The Kier molecular flexibility index (Phi) is 6.50. The molecule has 0 saturated heterocycles. The van der Waals surface area contributed by atoms with Gasteiger partial charge in [-0.2, -0.15) is 8.78 Å². The number of hydrogen-bond donors (Lipinski definition) is 1. The second kappa shape index (κ2) is 9.08. The van der Waals surface area contributed by atoms with Crippen LogP contribution in [0.25, 0.3) is 5.65 Å². The number of carbonyl (C=O) groups excluding carboxylic acids is 1. The van der Waals surface area contributed by atoms with Crippen molar-refractivity contribution in [1.82, 2.24) is 14.2 Å². The average molecular weight is 426 g/mol. The van der Waals surface area contributed by atoms with Crippen molar-refractivity contribution in [2.75, 3.05) is 11.9 Å². The fourth-order valence-electron chi connectivity index (χ4n) is 2.65. The van der Waals surface area contributed by atoms with Crippen LogP contribution in [-0.4, -0.2) is 39.0 Å². The van der Waals surface area contributed by atoms with Gasteiger partial charge >= 0.3 is 18.0 Å². The molecule has 0 atom stereocenters. The number of rotatable bonds is 9. The SMILES string of the molecule is O=C(CCn1nc2ccccn2c1=O)Nc1cccc(COCC(F)(F)C(F)F)c1. The van der Waals surface area contributed by atoms with Gasteiger partial charge in [-0.3, -0.25) is 9.20 Å². The number of aromatic nitrogens is 3. The maximum Gasteiger partial charge on any atom is 0.350 e. The van der Waals surface area contributed by atoms with Crippen LogP contribution in [-0.2, 0) is 22.7 Å². The number of amides is 1. The van der Waals surface area contributed by atoms with Gasteiger partial charge in [-0.25, -0.2) is 18.3 Å². The first-order valence-corrected chi connectivity index (χ1v) is 8.93. The lowest BCUT2D eigenvalue weighted by molar-refractivity contribution is -0.168. The first-order valence-electron chi connectivity index (χ1n) is 8.93. The van der Waals surface area contributed by atoms with E-state index < -0.39 is 19.0 Å². The van der Waals surface area contributed by atoms with Gasteiger partial charge in [-0.15, -0.1) is 5.10 Å². The van der Waals surface area contributed by atoms with E-state index in [1.807, 2.05) is 0 Å². The van der Waals surface area contributed by atoms with E-state index in [1.54, 1.807) is 42.6 Å². The summed E-state index contributed by atoms with van der Waals surface area (Å²) in [6.45, 7) is -1.66. The lowest BCUT2D eigenvalue weighted by Crippen LogP contribution is -2.32. The molecule has 2 heterocycles. The summed E-state index contributed by atoms with van der Waals surface area (Å²) in [5, 5.41) is 6.75. The van der Waals surface area contributed by atoms with Crippen molar-refractivity contribution in [3.8, 4) is 0 Å². The molecule has 1 amide bonds. The molecule has 7 nitrogen and oxygen atoms in total. The van der Waals surface area contributed by atoms with Gasteiger partial charge in [0.1, 0.15) is 6.61 Å². The minimum Gasteiger partial charge on any atom is -0.370 e. The normalized spacial score (nSPS) is 11.9. The number of nitrogens with zero attached hydrogens (tertiary/aromatic N) is 3. The van der Waals surface area contributed by atoms with Gasteiger partial charge in [0.05, 0.1) is 13.2 Å². The Morgan fingerprint density at radius 1 is 1.20 bits per heavy atom. The van der Waals surface area contributed by atoms with Crippen LogP contribution in [0, 0.1) is 0 Å². The molecule has 2 aromatic heterocycles. The molecule has 0 aliphatic heterocycles. The van der Waals surface area contributed by atoms with Crippen molar-refractivity contribution in [2.24, 2.45) is 0 Å². The van der Waals surface area contributed by atoms with Crippen molar-refractivity contribution >= 4 is 17.2 Å². The zero-order valence-corrected chi connectivity index (χ0v) is 15.6. The van der Waals surface area contributed by atoms with Crippen LogP contribution in [0.3, 0.4) is 0 Å². The molecule has 0 unspecified atom stereocenters. The molecular formula is C19H18F4N4O3. The van der Waals surface area contributed by atoms with Crippen LogP contribution < -0.4 is 11.0 Å². The van der Waals surface area contributed by atoms with Gasteiger partial charge in [0, 0.05) is 18.3 Å². The van der Waals surface area contributed by atoms with E-state index in [2.05, 4.69) is 15.2 Å². The molecule has 0 aliphatic carbocycles. The monoisotopic (exact) mass is 426 g/mol. The molecule has 0 aliphatic rings.